The molecule has 4 heteroatoms. The fourth-order valence-electron chi connectivity index (χ4n) is 6.61. The standard InChI is InChI=1S/C38H39NO2S/c1-3-4-5-6-7-14-22-33-35(29-17-10-8-11-18-29)36(30-19-12-9-13-20-30)37-32-21-15-16-23-34(32)39(38(33)37)42(40,41)31-26-24-28(2)25-27-31/h8-13,15-21,23-27,33H,3-7,14,22H2,1-2H3. The van der Waals surface area contributed by atoms with Gasteiger partial charge in [0.2, 0.25) is 0 Å². The van der Waals surface area contributed by atoms with Crippen molar-refractivity contribution in [1.82, 2.24) is 3.97 Å². The molecule has 6 rings (SSSR count). The lowest BCUT2D eigenvalue weighted by atomic mass is 9.86. The molecule has 0 aliphatic heterocycles. The Balaban J connectivity index is 1.62. The van der Waals surface area contributed by atoms with Gasteiger partial charge in [0.1, 0.15) is 0 Å². The third-order valence-electron chi connectivity index (χ3n) is 8.62. The van der Waals surface area contributed by atoms with E-state index >= 15 is 0 Å². The minimum absolute atomic E-state index is 0.0450. The number of fused-ring (bicyclic) bond motifs is 3. The number of hydrogen-bond donors (Lipinski definition) is 0. The number of benzene rings is 4. The minimum atomic E-state index is -3.86. The zero-order valence-corrected chi connectivity index (χ0v) is 25.4. The smallest absolute Gasteiger partial charge is 0.237 e. The summed E-state index contributed by atoms with van der Waals surface area (Å²) in [6.07, 6.45) is 8.07. The van der Waals surface area contributed by atoms with Crippen molar-refractivity contribution < 1.29 is 8.42 Å². The highest BCUT2D eigenvalue weighted by atomic mass is 32.2. The Bertz CT molecular complexity index is 1820. The first-order chi connectivity index (χ1) is 20.5. The molecule has 0 saturated carbocycles. The van der Waals surface area contributed by atoms with Crippen LogP contribution in [0.15, 0.2) is 114 Å². The molecule has 1 aromatic heterocycles. The summed E-state index contributed by atoms with van der Waals surface area (Å²) >= 11 is 0. The Morgan fingerprint density at radius 3 is 1.95 bits per heavy atom. The summed E-state index contributed by atoms with van der Waals surface area (Å²) in [7, 11) is -3.86. The Hall–Kier alpha value is -3.89. The second-order valence-electron chi connectivity index (χ2n) is 11.5. The van der Waals surface area contributed by atoms with Crippen LogP contribution in [0.2, 0.25) is 0 Å². The summed E-state index contributed by atoms with van der Waals surface area (Å²) in [6, 6.07) is 36.4. The normalized spacial score (nSPS) is 15.0. The third kappa shape index (κ3) is 5.13. The van der Waals surface area contributed by atoms with Crippen molar-refractivity contribution in [3.8, 4) is 0 Å². The van der Waals surface area contributed by atoms with Crippen LogP contribution in [-0.4, -0.2) is 12.4 Å². The highest BCUT2D eigenvalue weighted by Gasteiger charge is 2.40. The van der Waals surface area contributed by atoms with Crippen molar-refractivity contribution in [2.75, 3.05) is 0 Å². The number of nitrogens with zero attached hydrogens (tertiary/aromatic N) is 1. The maximum absolute atomic E-state index is 14.6. The van der Waals surface area contributed by atoms with E-state index in [0.29, 0.717) is 4.90 Å². The predicted molar refractivity (Wildman–Crippen MR) is 175 cm³/mol. The van der Waals surface area contributed by atoms with Gasteiger partial charge in [-0.15, -0.1) is 0 Å². The van der Waals surface area contributed by atoms with Crippen LogP contribution in [0.25, 0.3) is 22.0 Å². The lowest BCUT2D eigenvalue weighted by Gasteiger charge is -2.21. The molecule has 42 heavy (non-hydrogen) atoms. The third-order valence-corrected chi connectivity index (χ3v) is 10.4. The molecule has 0 fully saturated rings. The van der Waals surface area contributed by atoms with Crippen molar-refractivity contribution in [3.63, 3.8) is 0 Å². The molecule has 3 nitrogen and oxygen atoms in total. The van der Waals surface area contributed by atoms with Gasteiger partial charge in [0, 0.05) is 16.9 Å². The van der Waals surface area contributed by atoms with Crippen LogP contribution >= 0.6 is 0 Å². The first-order valence-electron chi connectivity index (χ1n) is 15.3. The average Bonchev–Trinajstić information content (AvgIpc) is 3.53. The van der Waals surface area contributed by atoms with Crippen molar-refractivity contribution in [2.24, 2.45) is 0 Å². The Morgan fingerprint density at radius 1 is 0.667 bits per heavy atom. The van der Waals surface area contributed by atoms with Crippen molar-refractivity contribution >= 4 is 32.1 Å². The number of aromatic nitrogens is 1. The predicted octanol–water partition coefficient (Wildman–Crippen LogP) is 9.99. The molecule has 5 aromatic rings. The summed E-state index contributed by atoms with van der Waals surface area (Å²) in [5.41, 5.74) is 8.42. The number of rotatable bonds is 11. The molecular formula is C38H39NO2S. The quantitative estimate of drug-likeness (QED) is 0.148. The second-order valence-corrected chi connectivity index (χ2v) is 13.3. The first-order valence-corrected chi connectivity index (χ1v) is 16.8. The van der Waals surface area contributed by atoms with Crippen LogP contribution in [0, 0.1) is 6.92 Å². The summed E-state index contributed by atoms with van der Waals surface area (Å²) in [4.78, 5) is 0.324. The highest BCUT2D eigenvalue weighted by Crippen LogP contribution is 2.55. The lowest BCUT2D eigenvalue weighted by molar-refractivity contribution is 0.567. The van der Waals surface area contributed by atoms with Crippen molar-refractivity contribution in [3.05, 3.63) is 137 Å². The summed E-state index contributed by atoms with van der Waals surface area (Å²) in [5.74, 6) is -0.0450. The molecule has 0 N–H and O–H groups in total. The number of hydrogen-bond acceptors (Lipinski definition) is 2. The summed E-state index contributed by atoms with van der Waals surface area (Å²) in [6.45, 7) is 4.23. The molecule has 1 aliphatic rings. The van der Waals surface area contributed by atoms with Gasteiger partial charge in [-0.1, -0.05) is 142 Å². The Kier molecular flexibility index (Phi) is 8.17. The molecule has 0 saturated heterocycles. The number of para-hydroxylation sites is 1. The van der Waals surface area contributed by atoms with Crippen LogP contribution in [0.4, 0.5) is 0 Å². The summed E-state index contributed by atoms with van der Waals surface area (Å²) in [5, 5.41) is 0.987. The molecule has 0 radical (unpaired) electrons. The number of aryl methyl sites for hydroxylation is 1. The number of unbranched alkanes of at least 4 members (excludes halogenated alkanes) is 5. The minimum Gasteiger partial charge on any atom is -0.237 e. The van der Waals surface area contributed by atoms with E-state index in [1.807, 2.05) is 43.3 Å². The van der Waals surface area contributed by atoms with Gasteiger partial charge in [-0.3, -0.25) is 0 Å². The topological polar surface area (TPSA) is 39.1 Å². The molecule has 0 bridgehead atoms. The zero-order valence-electron chi connectivity index (χ0n) is 24.6. The Labute approximate surface area is 250 Å². The lowest BCUT2D eigenvalue weighted by Crippen LogP contribution is -2.18. The molecular weight excluding hydrogens is 534 g/mol. The van der Waals surface area contributed by atoms with Gasteiger partial charge in [0.15, 0.2) is 0 Å². The van der Waals surface area contributed by atoms with Crippen LogP contribution < -0.4 is 0 Å². The monoisotopic (exact) mass is 573 g/mol. The van der Waals surface area contributed by atoms with Crippen LogP contribution in [0.3, 0.4) is 0 Å². The van der Waals surface area contributed by atoms with Gasteiger partial charge in [-0.2, -0.15) is 0 Å². The second kappa shape index (κ2) is 12.1. The summed E-state index contributed by atoms with van der Waals surface area (Å²) < 4.78 is 30.9. The first kappa shape index (κ1) is 28.2. The Morgan fingerprint density at radius 2 is 1.26 bits per heavy atom. The SMILES string of the molecule is CCCCCCCCC1C(c2ccccc2)=C(c2ccccc2)c2c1n(S(=O)(=O)c1ccc(C)cc1)c1ccccc21. The maximum atomic E-state index is 14.6. The van der Waals surface area contributed by atoms with Crippen molar-refractivity contribution in [2.45, 2.75) is 69.6 Å². The molecule has 1 heterocycles. The molecule has 0 spiro atoms. The number of allylic oxidation sites excluding steroid dienone is 1. The molecule has 0 amide bonds. The van der Waals surface area contributed by atoms with Gasteiger partial charge >= 0.3 is 0 Å². The van der Waals surface area contributed by atoms with Crippen molar-refractivity contribution in [1.29, 1.82) is 0 Å². The van der Waals surface area contributed by atoms with E-state index in [-0.39, 0.29) is 5.92 Å². The van der Waals surface area contributed by atoms with Gasteiger partial charge in [0.25, 0.3) is 10.0 Å². The van der Waals surface area contributed by atoms with Crippen LogP contribution in [0.1, 0.15) is 85.7 Å². The van der Waals surface area contributed by atoms with E-state index in [2.05, 4.69) is 67.6 Å². The van der Waals surface area contributed by atoms with E-state index < -0.39 is 10.0 Å². The van der Waals surface area contributed by atoms with Gasteiger partial charge in [0.05, 0.1) is 16.1 Å². The van der Waals surface area contributed by atoms with Crippen LogP contribution in [-0.2, 0) is 10.0 Å². The average molecular weight is 574 g/mol. The fraction of sp³-hybridized carbons (Fsp3) is 0.263. The molecule has 1 aliphatic carbocycles. The largest absolute Gasteiger partial charge is 0.268 e. The van der Waals surface area contributed by atoms with E-state index in [1.165, 1.54) is 31.3 Å². The highest BCUT2D eigenvalue weighted by molar-refractivity contribution is 7.90. The maximum Gasteiger partial charge on any atom is 0.268 e. The van der Waals surface area contributed by atoms with E-state index in [4.69, 9.17) is 0 Å². The van der Waals surface area contributed by atoms with Gasteiger partial charge in [-0.25, -0.2) is 12.4 Å². The molecule has 4 aromatic carbocycles. The molecule has 1 atom stereocenters. The van der Waals surface area contributed by atoms with E-state index in [1.54, 1.807) is 16.1 Å². The van der Waals surface area contributed by atoms with Gasteiger partial charge in [-0.05, 0) is 53.8 Å². The van der Waals surface area contributed by atoms with Gasteiger partial charge < -0.3 is 0 Å². The fourth-order valence-corrected chi connectivity index (χ4v) is 8.19. The molecule has 1 unspecified atom stereocenters. The van der Waals surface area contributed by atoms with E-state index in [9.17, 15) is 8.42 Å². The van der Waals surface area contributed by atoms with E-state index in [0.717, 1.165) is 63.7 Å². The molecule has 214 valence electrons. The van der Waals surface area contributed by atoms with Crippen LogP contribution in [0.5, 0.6) is 0 Å². The zero-order chi connectivity index (χ0) is 29.1.